The Kier molecular flexibility index (Phi) is 5.69. The lowest BCUT2D eigenvalue weighted by atomic mass is 10.1. The molecule has 0 radical (unpaired) electrons. The minimum atomic E-state index is -4.80. The summed E-state index contributed by atoms with van der Waals surface area (Å²) in [5.74, 6) is -1.14. The second kappa shape index (κ2) is 8.84. The normalized spacial score (nSPS) is 13.5. The standard InChI is InChI=1S/C24H16F3N5O2S/c25-24(26,27)22-17(11-28-32(22)16-4-2-1-3-5-16)23(34)29-15-8-6-14(7-9-15)18-10-21(33)31-20-13-35-12-19(20)30-18/h1-9,11-13H,10H2,(H,29,34)(H,31,33). The Balaban J connectivity index is 1.40. The van der Waals surface area contributed by atoms with Crippen molar-refractivity contribution in [2.24, 2.45) is 4.99 Å². The Labute approximate surface area is 200 Å². The summed E-state index contributed by atoms with van der Waals surface area (Å²) in [4.78, 5) is 29.5. The highest BCUT2D eigenvalue weighted by Gasteiger charge is 2.40. The Morgan fingerprint density at radius 2 is 1.80 bits per heavy atom. The fourth-order valence-electron chi connectivity index (χ4n) is 3.67. The van der Waals surface area contributed by atoms with Gasteiger partial charge in [0.15, 0.2) is 5.69 Å². The molecular weight excluding hydrogens is 479 g/mol. The number of hydrogen-bond donors (Lipinski definition) is 2. The first-order chi connectivity index (χ1) is 16.8. The molecular formula is C24H16F3N5O2S. The van der Waals surface area contributed by atoms with Gasteiger partial charge in [0.2, 0.25) is 5.91 Å². The van der Waals surface area contributed by atoms with Gasteiger partial charge in [0.1, 0.15) is 0 Å². The summed E-state index contributed by atoms with van der Waals surface area (Å²) >= 11 is 1.42. The first-order valence-corrected chi connectivity index (χ1v) is 11.3. The maximum atomic E-state index is 13.8. The summed E-state index contributed by atoms with van der Waals surface area (Å²) < 4.78 is 42.2. The van der Waals surface area contributed by atoms with Crippen molar-refractivity contribution >= 4 is 45.9 Å². The van der Waals surface area contributed by atoms with Gasteiger partial charge in [0.05, 0.1) is 41.0 Å². The van der Waals surface area contributed by atoms with Crippen LogP contribution in [0.3, 0.4) is 0 Å². The summed E-state index contributed by atoms with van der Waals surface area (Å²) in [5, 5.41) is 12.7. The monoisotopic (exact) mass is 495 g/mol. The van der Waals surface area contributed by atoms with Gasteiger partial charge in [-0.05, 0) is 29.8 Å². The Hall–Kier alpha value is -4.25. The van der Waals surface area contributed by atoms with Gasteiger partial charge in [-0.2, -0.15) is 18.3 Å². The minimum Gasteiger partial charge on any atom is -0.323 e. The van der Waals surface area contributed by atoms with Crippen LogP contribution in [0.15, 0.2) is 76.5 Å². The second-order valence-electron chi connectivity index (χ2n) is 7.64. The summed E-state index contributed by atoms with van der Waals surface area (Å²) in [6, 6.07) is 14.2. The lowest BCUT2D eigenvalue weighted by Gasteiger charge is -2.13. The van der Waals surface area contributed by atoms with E-state index >= 15 is 0 Å². The number of carbonyl (C=O) groups is 2. The van der Waals surface area contributed by atoms with Crippen molar-refractivity contribution in [3.8, 4) is 5.69 Å². The fraction of sp³-hybridized carbons (Fsp3) is 0.0833. The number of thiophene rings is 1. The zero-order valence-corrected chi connectivity index (χ0v) is 18.7. The molecule has 7 nitrogen and oxygen atoms in total. The van der Waals surface area contributed by atoms with E-state index in [1.807, 2.05) is 5.38 Å². The molecule has 176 valence electrons. The summed E-state index contributed by atoms with van der Waals surface area (Å²) in [5.41, 5.74) is 1.22. The van der Waals surface area contributed by atoms with E-state index in [0.717, 1.165) is 6.20 Å². The molecule has 2 aromatic carbocycles. The number of anilines is 2. The Bertz CT molecular complexity index is 1440. The third kappa shape index (κ3) is 4.58. The van der Waals surface area contributed by atoms with Crippen LogP contribution in [0, 0.1) is 0 Å². The summed E-state index contributed by atoms with van der Waals surface area (Å²) in [7, 11) is 0. The predicted octanol–water partition coefficient (Wildman–Crippen LogP) is 5.67. The van der Waals surface area contributed by atoms with Gasteiger partial charge >= 0.3 is 6.18 Å². The molecule has 2 aromatic heterocycles. The van der Waals surface area contributed by atoms with Crippen molar-refractivity contribution in [3.63, 3.8) is 0 Å². The van der Waals surface area contributed by atoms with Crippen molar-refractivity contribution in [1.29, 1.82) is 0 Å². The van der Waals surface area contributed by atoms with Gasteiger partial charge in [0, 0.05) is 16.4 Å². The molecule has 0 saturated carbocycles. The molecule has 11 heteroatoms. The van der Waals surface area contributed by atoms with Gasteiger partial charge in [-0.25, -0.2) is 9.67 Å². The number of hydrogen-bond acceptors (Lipinski definition) is 5. The van der Waals surface area contributed by atoms with Gasteiger partial charge in [0.25, 0.3) is 5.91 Å². The van der Waals surface area contributed by atoms with Crippen LogP contribution in [-0.2, 0) is 11.0 Å². The zero-order valence-electron chi connectivity index (χ0n) is 17.8. The molecule has 3 heterocycles. The largest absolute Gasteiger partial charge is 0.434 e. The molecule has 0 aliphatic carbocycles. The van der Waals surface area contributed by atoms with Crippen molar-refractivity contribution in [1.82, 2.24) is 9.78 Å². The summed E-state index contributed by atoms with van der Waals surface area (Å²) in [6.45, 7) is 0. The molecule has 0 unspecified atom stereocenters. The maximum absolute atomic E-state index is 13.8. The van der Waals surface area contributed by atoms with Crippen molar-refractivity contribution < 1.29 is 22.8 Å². The lowest BCUT2D eigenvalue weighted by molar-refractivity contribution is -0.143. The van der Waals surface area contributed by atoms with Crippen LogP contribution >= 0.6 is 11.3 Å². The fourth-order valence-corrected chi connectivity index (χ4v) is 4.36. The van der Waals surface area contributed by atoms with E-state index in [2.05, 4.69) is 20.7 Å². The second-order valence-corrected chi connectivity index (χ2v) is 8.38. The smallest absolute Gasteiger partial charge is 0.323 e. The number of carbonyl (C=O) groups excluding carboxylic acids is 2. The van der Waals surface area contributed by atoms with E-state index < -0.39 is 23.3 Å². The van der Waals surface area contributed by atoms with Crippen molar-refractivity contribution in [2.75, 3.05) is 10.6 Å². The highest BCUT2D eigenvalue weighted by atomic mass is 32.1. The molecule has 1 aliphatic heterocycles. The van der Waals surface area contributed by atoms with E-state index in [0.29, 0.717) is 27.3 Å². The molecule has 0 spiro atoms. The van der Waals surface area contributed by atoms with E-state index in [4.69, 9.17) is 0 Å². The topological polar surface area (TPSA) is 88.4 Å². The van der Waals surface area contributed by atoms with Crippen LogP contribution in [0.5, 0.6) is 0 Å². The first kappa shape index (κ1) is 22.5. The molecule has 1 aliphatic rings. The van der Waals surface area contributed by atoms with Crippen LogP contribution < -0.4 is 10.6 Å². The number of para-hydroxylation sites is 1. The van der Waals surface area contributed by atoms with Crippen LogP contribution in [0.2, 0.25) is 0 Å². The molecule has 0 saturated heterocycles. The average molecular weight is 495 g/mol. The van der Waals surface area contributed by atoms with E-state index in [1.165, 1.54) is 23.5 Å². The SMILES string of the molecule is O=C1CC(c2ccc(NC(=O)c3cnn(-c4ccccc4)c3C(F)(F)F)cc2)=Nc2cscc2N1. The molecule has 0 atom stereocenters. The Morgan fingerprint density at radius 1 is 1.06 bits per heavy atom. The van der Waals surface area contributed by atoms with Gasteiger partial charge in [-0.3, -0.25) is 9.59 Å². The Morgan fingerprint density at radius 3 is 2.51 bits per heavy atom. The molecule has 4 aromatic rings. The number of rotatable bonds is 4. The average Bonchev–Trinajstić information content (AvgIpc) is 3.44. The number of halogens is 3. The number of benzene rings is 2. The highest BCUT2D eigenvalue weighted by molar-refractivity contribution is 7.09. The third-order valence-electron chi connectivity index (χ3n) is 5.26. The van der Waals surface area contributed by atoms with Crippen LogP contribution in [0.1, 0.15) is 28.0 Å². The molecule has 0 fully saturated rings. The van der Waals surface area contributed by atoms with E-state index in [-0.39, 0.29) is 23.7 Å². The number of nitrogens with one attached hydrogen (secondary N) is 2. The number of amides is 2. The number of alkyl halides is 3. The molecule has 35 heavy (non-hydrogen) atoms. The molecule has 0 bridgehead atoms. The van der Waals surface area contributed by atoms with Crippen LogP contribution in [0.25, 0.3) is 5.69 Å². The number of fused-ring (bicyclic) bond motifs is 1. The number of aromatic nitrogens is 2. The quantitative estimate of drug-likeness (QED) is 0.383. The maximum Gasteiger partial charge on any atom is 0.434 e. The zero-order chi connectivity index (χ0) is 24.6. The van der Waals surface area contributed by atoms with Gasteiger partial charge < -0.3 is 10.6 Å². The van der Waals surface area contributed by atoms with Gasteiger partial charge in [-0.15, -0.1) is 11.3 Å². The molecule has 2 N–H and O–H groups in total. The van der Waals surface area contributed by atoms with Crippen molar-refractivity contribution in [2.45, 2.75) is 12.6 Å². The number of nitrogens with zero attached hydrogens (tertiary/aromatic N) is 3. The van der Waals surface area contributed by atoms with Crippen molar-refractivity contribution in [3.05, 3.63) is 88.4 Å². The summed E-state index contributed by atoms with van der Waals surface area (Å²) in [6.07, 6.45) is -3.84. The minimum absolute atomic E-state index is 0.0681. The van der Waals surface area contributed by atoms with E-state index in [9.17, 15) is 22.8 Å². The van der Waals surface area contributed by atoms with Crippen LogP contribution in [0.4, 0.5) is 30.2 Å². The first-order valence-electron chi connectivity index (χ1n) is 10.4. The predicted molar refractivity (Wildman–Crippen MR) is 127 cm³/mol. The third-order valence-corrected chi connectivity index (χ3v) is 5.99. The van der Waals surface area contributed by atoms with Gasteiger partial charge in [-0.1, -0.05) is 30.3 Å². The number of aliphatic imine (C=N–C) groups is 1. The highest BCUT2D eigenvalue weighted by Crippen LogP contribution is 2.35. The molecule has 2 amide bonds. The lowest BCUT2D eigenvalue weighted by Crippen LogP contribution is -2.20. The van der Waals surface area contributed by atoms with E-state index in [1.54, 1.807) is 47.8 Å². The van der Waals surface area contributed by atoms with Crippen LogP contribution in [-0.4, -0.2) is 27.3 Å². The molecule has 5 rings (SSSR count).